The van der Waals surface area contributed by atoms with Crippen molar-refractivity contribution in [2.75, 3.05) is 0 Å². The summed E-state index contributed by atoms with van der Waals surface area (Å²) in [6.45, 7) is 0. The van der Waals surface area contributed by atoms with E-state index >= 15 is 0 Å². The summed E-state index contributed by atoms with van der Waals surface area (Å²) >= 11 is 7.34. The van der Waals surface area contributed by atoms with Crippen molar-refractivity contribution in [1.29, 1.82) is 0 Å². The number of carbonyl (C=O) groups is 1. The van der Waals surface area contributed by atoms with Crippen molar-refractivity contribution < 1.29 is 9.90 Å². The fourth-order valence-corrected chi connectivity index (χ4v) is 2.60. The molecule has 2 heterocycles. The summed E-state index contributed by atoms with van der Waals surface area (Å²) < 4.78 is 0. The molecular weight excluding hydrogens is 284 g/mol. The van der Waals surface area contributed by atoms with E-state index in [1.165, 1.54) is 17.4 Å². The van der Waals surface area contributed by atoms with Crippen LogP contribution in [-0.4, -0.2) is 21.0 Å². The molecule has 0 saturated carbocycles. The molecule has 0 fully saturated rings. The van der Waals surface area contributed by atoms with E-state index in [1.807, 2.05) is 5.38 Å². The highest BCUT2D eigenvalue weighted by Gasteiger charge is 2.14. The van der Waals surface area contributed by atoms with Crippen LogP contribution in [-0.2, 0) is 0 Å². The number of aromatic nitrogens is 2. The molecule has 0 aliphatic rings. The minimum atomic E-state index is -0.993. The number of fused-ring (bicyclic) bond motifs is 1. The van der Waals surface area contributed by atoms with Crippen molar-refractivity contribution in [3.05, 3.63) is 46.4 Å². The third-order valence-electron chi connectivity index (χ3n) is 2.65. The van der Waals surface area contributed by atoms with Gasteiger partial charge in [0.1, 0.15) is 10.7 Å². The highest BCUT2D eigenvalue weighted by molar-refractivity contribution is 7.13. The highest BCUT2D eigenvalue weighted by atomic mass is 35.5. The Balaban J connectivity index is 2.34. The summed E-state index contributed by atoms with van der Waals surface area (Å²) in [5.41, 5.74) is 1.30. The Hall–Kier alpha value is -1.98. The van der Waals surface area contributed by atoms with Crippen LogP contribution in [0.3, 0.4) is 0 Å². The maximum absolute atomic E-state index is 11.3. The Labute approximate surface area is 117 Å². The Morgan fingerprint density at radius 3 is 2.84 bits per heavy atom. The summed E-state index contributed by atoms with van der Waals surface area (Å²) in [5.74, 6) is -0.993. The second-order valence-corrected chi connectivity index (χ2v) is 5.19. The summed E-state index contributed by atoms with van der Waals surface area (Å²) in [7, 11) is 0. The van der Waals surface area contributed by atoms with Crippen molar-refractivity contribution in [2.45, 2.75) is 0 Å². The van der Waals surface area contributed by atoms with Crippen LogP contribution in [0.5, 0.6) is 0 Å². The maximum atomic E-state index is 11.3. The fourth-order valence-electron chi connectivity index (χ4n) is 1.84. The van der Waals surface area contributed by atoms with Crippen LogP contribution in [0, 0.1) is 0 Å². The van der Waals surface area contributed by atoms with Crippen molar-refractivity contribution in [2.24, 2.45) is 0 Å². The molecular formula is C13H7ClN2O2S. The highest BCUT2D eigenvalue weighted by Crippen LogP contribution is 2.27. The fraction of sp³-hybridized carbons (Fsp3) is 0. The standard InChI is InChI=1S/C13H7ClN2O2S/c14-7-1-2-8-9(13(17)18)6-11(16-10(8)5-7)12-15-3-4-19-12/h1-6H,(H,17,18). The monoisotopic (exact) mass is 290 g/mol. The number of hydrogen-bond donors (Lipinski definition) is 1. The summed E-state index contributed by atoms with van der Waals surface area (Å²) in [6.07, 6.45) is 1.66. The van der Waals surface area contributed by atoms with E-state index in [-0.39, 0.29) is 5.56 Å². The number of nitrogens with zero attached hydrogens (tertiary/aromatic N) is 2. The van der Waals surface area contributed by atoms with Gasteiger partial charge in [0.15, 0.2) is 0 Å². The molecule has 3 rings (SSSR count). The molecule has 0 aliphatic carbocycles. The van der Waals surface area contributed by atoms with Gasteiger partial charge in [-0.15, -0.1) is 11.3 Å². The molecule has 0 aliphatic heterocycles. The Morgan fingerprint density at radius 2 is 2.16 bits per heavy atom. The first-order valence-corrected chi connectivity index (χ1v) is 6.64. The quantitative estimate of drug-likeness (QED) is 0.781. The number of halogens is 1. The van der Waals surface area contributed by atoms with E-state index in [0.717, 1.165) is 0 Å². The molecule has 0 atom stereocenters. The summed E-state index contributed by atoms with van der Waals surface area (Å²) in [4.78, 5) is 19.9. The number of thiazole rings is 1. The maximum Gasteiger partial charge on any atom is 0.336 e. The molecule has 6 heteroatoms. The lowest BCUT2D eigenvalue weighted by atomic mass is 10.1. The molecule has 4 nitrogen and oxygen atoms in total. The summed E-state index contributed by atoms with van der Waals surface area (Å²) in [5, 5.41) is 12.9. The van der Waals surface area contributed by atoms with Crippen LogP contribution in [0.2, 0.25) is 5.02 Å². The number of rotatable bonds is 2. The molecule has 1 N–H and O–H groups in total. The van der Waals surface area contributed by atoms with E-state index in [2.05, 4.69) is 9.97 Å². The zero-order chi connectivity index (χ0) is 13.4. The van der Waals surface area contributed by atoms with E-state index < -0.39 is 5.97 Å². The number of benzene rings is 1. The lowest BCUT2D eigenvalue weighted by Crippen LogP contribution is -2.00. The average molecular weight is 291 g/mol. The minimum Gasteiger partial charge on any atom is -0.478 e. The molecule has 3 aromatic rings. The predicted molar refractivity (Wildman–Crippen MR) is 74.8 cm³/mol. The van der Waals surface area contributed by atoms with Crippen LogP contribution in [0.25, 0.3) is 21.6 Å². The molecule has 0 saturated heterocycles. The second-order valence-electron chi connectivity index (χ2n) is 3.86. The lowest BCUT2D eigenvalue weighted by molar-refractivity contribution is 0.0699. The van der Waals surface area contributed by atoms with Gasteiger partial charge in [0.2, 0.25) is 0 Å². The van der Waals surface area contributed by atoms with E-state index in [4.69, 9.17) is 11.6 Å². The zero-order valence-corrected chi connectivity index (χ0v) is 11.1. The second kappa shape index (κ2) is 4.60. The van der Waals surface area contributed by atoms with Crippen LogP contribution < -0.4 is 0 Å². The number of hydrogen-bond acceptors (Lipinski definition) is 4. The number of carboxylic acids is 1. The molecule has 2 aromatic heterocycles. The van der Waals surface area contributed by atoms with Crippen LogP contribution in [0.15, 0.2) is 35.8 Å². The van der Waals surface area contributed by atoms with E-state index in [1.54, 1.807) is 24.4 Å². The molecule has 94 valence electrons. The molecule has 0 bridgehead atoms. The third-order valence-corrected chi connectivity index (χ3v) is 3.68. The van der Waals surface area contributed by atoms with Crippen molar-refractivity contribution in [3.63, 3.8) is 0 Å². The van der Waals surface area contributed by atoms with Crippen LogP contribution in [0.1, 0.15) is 10.4 Å². The predicted octanol–water partition coefficient (Wildman–Crippen LogP) is 3.71. The molecule has 0 spiro atoms. The van der Waals surface area contributed by atoms with Crippen molar-refractivity contribution in [1.82, 2.24) is 9.97 Å². The Morgan fingerprint density at radius 1 is 1.32 bits per heavy atom. The van der Waals surface area contributed by atoms with Gasteiger partial charge in [0, 0.05) is 22.0 Å². The third kappa shape index (κ3) is 2.18. The van der Waals surface area contributed by atoms with Gasteiger partial charge in [-0.1, -0.05) is 17.7 Å². The molecule has 0 radical (unpaired) electrons. The molecule has 19 heavy (non-hydrogen) atoms. The van der Waals surface area contributed by atoms with Gasteiger partial charge in [0.25, 0.3) is 0 Å². The Kier molecular flexibility index (Phi) is 2.93. The van der Waals surface area contributed by atoms with Crippen LogP contribution >= 0.6 is 22.9 Å². The minimum absolute atomic E-state index is 0.201. The van der Waals surface area contributed by atoms with Crippen LogP contribution in [0.4, 0.5) is 0 Å². The SMILES string of the molecule is O=C(O)c1cc(-c2nccs2)nc2cc(Cl)ccc12. The molecule has 0 unspecified atom stereocenters. The van der Waals surface area contributed by atoms with Gasteiger partial charge in [-0.3, -0.25) is 0 Å². The largest absolute Gasteiger partial charge is 0.478 e. The first-order chi connectivity index (χ1) is 9.15. The number of aromatic carboxylic acids is 1. The summed E-state index contributed by atoms with van der Waals surface area (Å²) in [6, 6.07) is 6.51. The van der Waals surface area contributed by atoms with E-state index in [0.29, 0.717) is 26.6 Å². The first kappa shape index (κ1) is 12.1. The Bertz CT molecular complexity index is 772. The van der Waals surface area contributed by atoms with Gasteiger partial charge in [-0.25, -0.2) is 14.8 Å². The zero-order valence-electron chi connectivity index (χ0n) is 9.50. The normalized spacial score (nSPS) is 10.8. The van der Waals surface area contributed by atoms with Gasteiger partial charge < -0.3 is 5.11 Å². The molecule has 0 amide bonds. The van der Waals surface area contributed by atoms with Crippen molar-refractivity contribution in [3.8, 4) is 10.7 Å². The van der Waals surface area contributed by atoms with Gasteiger partial charge in [-0.05, 0) is 18.2 Å². The number of pyridine rings is 1. The molecule has 1 aromatic carbocycles. The smallest absolute Gasteiger partial charge is 0.336 e. The van der Waals surface area contributed by atoms with Gasteiger partial charge in [-0.2, -0.15) is 0 Å². The lowest BCUT2D eigenvalue weighted by Gasteiger charge is -2.05. The topological polar surface area (TPSA) is 63.1 Å². The average Bonchev–Trinajstić information content (AvgIpc) is 2.90. The van der Waals surface area contributed by atoms with Crippen molar-refractivity contribution >= 4 is 39.8 Å². The van der Waals surface area contributed by atoms with Gasteiger partial charge in [0.05, 0.1) is 11.1 Å². The van der Waals surface area contributed by atoms with E-state index in [9.17, 15) is 9.90 Å². The van der Waals surface area contributed by atoms with Gasteiger partial charge >= 0.3 is 5.97 Å². The number of carboxylic acid groups (broad SMARTS) is 1. The first-order valence-electron chi connectivity index (χ1n) is 5.38.